The summed E-state index contributed by atoms with van der Waals surface area (Å²) in [6, 6.07) is 8.78. The van der Waals surface area contributed by atoms with Crippen molar-refractivity contribution in [2.75, 3.05) is 43.1 Å². The highest BCUT2D eigenvalue weighted by atomic mass is 127. The average molecular weight is 547 g/mol. The number of rotatable bonds is 7. The van der Waals surface area contributed by atoms with Crippen LogP contribution < -0.4 is 10.1 Å². The second-order valence-electron chi connectivity index (χ2n) is 6.88. The van der Waals surface area contributed by atoms with Crippen molar-refractivity contribution in [1.29, 1.82) is 5.26 Å². The lowest BCUT2D eigenvalue weighted by Gasteiger charge is -2.26. The molecule has 1 saturated heterocycles. The summed E-state index contributed by atoms with van der Waals surface area (Å²) in [5.41, 5.74) is 0.329. The Labute approximate surface area is 187 Å². The van der Waals surface area contributed by atoms with Gasteiger partial charge < -0.3 is 15.0 Å². The summed E-state index contributed by atoms with van der Waals surface area (Å²) in [6.45, 7) is 1.85. The van der Waals surface area contributed by atoms with Crippen LogP contribution in [0.5, 0.6) is 5.75 Å². The molecule has 2 aromatic carbocycles. The van der Waals surface area contributed by atoms with Gasteiger partial charge in [0.05, 0.1) is 29.5 Å². The summed E-state index contributed by atoms with van der Waals surface area (Å²) in [5.74, 6) is -0.743. The highest BCUT2D eigenvalue weighted by molar-refractivity contribution is 14.1. The molecule has 160 valence electrons. The standard InChI is InChI=1S/C20H20F2IN3O3S/c21-14-10-19(25-18-3-2-15(23)12-17(18)22)16(13-24)20(11-14)29-7-1-4-26-5-8-30(27,28)9-6-26/h2-3,10-12,25H,1,4-9H2. The van der Waals surface area contributed by atoms with Crippen LogP contribution in [0.2, 0.25) is 0 Å². The second-order valence-corrected chi connectivity index (χ2v) is 10.4. The molecule has 30 heavy (non-hydrogen) atoms. The molecule has 10 heteroatoms. The first-order valence-electron chi connectivity index (χ1n) is 9.29. The molecular formula is C20H20F2IN3O3S. The zero-order valence-electron chi connectivity index (χ0n) is 16.0. The first kappa shape index (κ1) is 22.7. The molecule has 0 amide bonds. The van der Waals surface area contributed by atoms with Gasteiger partial charge in [-0.15, -0.1) is 0 Å². The van der Waals surface area contributed by atoms with E-state index in [0.717, 1.165) is 12.1 Å². The molecule has 0 radical (unpaired) electrons. The Hall–Kier alpha value is -1.97. The fraction of sp³-hybridized carbons (Fsp3) is 0.350. The summed E-state index contributed by atoms with van der Waals surface area (Å²) in [4.78, 5) is 2.04. The zero-order valence-corrected chi connectivity index (χ0v) is 19.0. The van der Waals surface area contributed by atoms with Crippen LogP contribution in [-0.4, -0.2) is 51.1 Å². The minimum absolute atomic E-state index is 0.0761. The van der Waals surface area contributed by atoms with Crippen LogP contribution in [0, 0.1) is 26.5 Å². The fourth-order valence-corrected chi connectivity index (χ4v) is 4.82. The number of ether oxygens (including phenoxy) is 1. The number of hydrogen-bond acceptors (Lipinski definition) is 6. The van der Waals surface area contributed by atoms with E-state index in [9.17, 15) is 22.5 Å². The van der Waals surface area contributed by atoms with Crippen molar-refractivity contribution in [3.63, 3.8) is 0 Å². The Morgan fingerprint density at radius 3 is 2.57 bits per heavy atom. The second kappa shape index (κ2) is 9.89. The van der Waals surface area contributed by atoms with Crippen LogP contribution in [-0.2, 0) is 9.84 Å². The Morgan fingerprint density at radius 1 is 1.17 bits per heavy atom. The van der Waals surface area contributed by atoms with E-state index < -0.39 is 21.5 Å². The lowest BCUT2D eigenvalue weighted by atomic mass is 10.1. The van der Waals surface area contributed by atoms with Crippen molar-refractivity contribution in [1.82, 2.24) is 4.90 Å². The molecule has 0 spiro atoms. The Balaban J connectivity index is 1.64. The SMILES string of the molecule is N#Cc1c(Nc2ccc(I)cc2F)cc(F)cc1OCCCN1CCS(=O)(=O)CC1. The van der Waals surface area contributed by atoms with E-state index in [2.05, 4.69) is 5.32 Å². The summed E-state index contributed by atoms with van der Waals surface area (Å²) in [7, 11) is -2.92. The summed E-state index contributed by atoms with van der Waals surface area (Å²) < 4.78 is 57.5. The summed E-state index contributed by atoms with van der Waals surface area (Å²) in [6.07, 6.45) is 0.593. The lowest BCUT2D eigenvalue weighted by molar-refractivity contribution is 0.245. The molecule has 0 bridgehead atoms. The minimum atomic E-state index is -2.92. The van der Waals surface area contributed by atoms with Crippen molar-refractivity contribution in [3.05, 3.63) is 51.1 Å². The van der Waals surface area contributed by atoms with E-state index in [1.807, 2.05) is 33.6 Å². The molecule has 0 atom stereocenters. The maximum Gasteiger partial charge on any atom is 0.152 e. The first-order valence-corrected chi connectivity index (χ1v) is 12.2. The molecule has 1 N–H and O–H groups in total. The smallest absolute Gasteiger partial charge is 0.152 e. The monoisotopic (exact) mass is 547 g/mol. The van der Waals surface area contributed by atoms with Gasteiger partial charge in [-0.1, -0.05) is 0 Å². The molecule has 6 nitrogen and oxygen atoms in total. The number of benzene rings is 2. The van der Waals surface area contributed by atoms with Crippen LogP contribution in [0.3, 0.4) is 0 Å². The third kappa shape index (κ3) is 6.02. The molecule has 1 fully saturated rings. The summed E-state index contributed by atoms with van der Waals surface area (Å²) in [5, 5.41) is 12.3. The third-order valence-electron chi connectivity index (χ3n) is 4.69. The molecule has 0 aliphatic carbocycles. The topological polar surface area (TPSA) is 82.4 Å². The van der Waals surface area contributed by atoms with Crippen molar-refractivity contribution >= 4 is 43.8 Å². The van der Waals surface area contributed by atoms with Gasteiger partial charge in [0.15, 0.2) is 9.84 Å². The van der Waals surface area contributed by atoms with E-state index in [4.69, 9.17) is 4.74 Å². The van der Waals surface area contributed by atoms with Gasteiger partial charge in [0, 0.05) is 29.3 Å². The van der Waals surface area contributed by atoms with E-state index in [1.54, 1.807) is 6.07 Å². The van der Waals surface area contributed by atoms with Gasteiger partial charge in [0.2, 0.25) is 0 Å². The highest BCUT2D eigenvalue weighted by Gasteiger charge is 2.21. The Kier molecular flexibility index (Phi) is 7.49. The predicted octanol–water partition coefficient (Wildman–Crippen LogP) is 3.68. The van der Waals surface area contributed by atoms with Gasteiger partial charge in [-0.25, -0.2) is 17.2 Å². The van der Waals surface area contributed by atoms with Crippen molar-refractivity contribution in [2.45, 2.75) is 6.42 Å². The molecule has 1 aliphatic heterocycles. The number of anilines is 2. The molecule has 0 unspecified atom stereocenters. The quantitative estimate of drug-likeness (QED) is 0.421. The van der Waals surface area contributed by atoms with Gasteiger partial charge in [-0.3, -0.25) is 0 Å². The van der Waals surface area contributed by atoms with Crippen molar-refractivity contribution in [2.24, 2.45) is 0 Å². The molecule has 0 saturated carbocycles. The van der Waals surface area contributed by atoms with Gasteiger partial charge in [0.1, 0.15) is 29.0 Å². The first-order chi connectivity index (χ1) is 14.3. The maximum atomic E-state index is 14.1. The van der Waals surface area contributed by atoms with E-state index in [1.165, 1.54) is 12.1 Å². The van der Waals surface area contributed by atoms with E-state index >= 15 is 0 Å². The number of sulfone groups is 1. The van der Waals surface area contributed by atoms with Crippen molar-refractivity contribution in [3.8, 4) is 11.8 Å². The number of nitrogens with one attached hydrogen (secondary N) is 1. The van der Waals surface area contributed by atoms with Crippen LogP contribution >= 0.6 is 22.6 Å². The third-order valence-corrected chi connectivity index (χ3v) is 6.97. The van der Waals surface area contributed by atoms with Gasteiger partial charge >= 0.3 is 0 Å². The number of nitriles is 1. The van der Waals surface area contributed by atoms with Crippen LogP contribution in [0.25, 0.3) is 0 Å². The minimum Gasteiger partial charge on any atom is -0.492 e. The van der Waals surface area contributed by atoms with Crippen LogP contribution in [0.1, 0.15) is 12.0 Å². The van der Waals surface area contributed by atoms with Gasteiger partial charge in [-0.05, 0) is 53.3 Å². The Morgan fingerprint density at radius 2 is 1.90 bits per heavy atom. The molecular weight excluding hydrogens is 527 g/mol. The predicted molar refractivity (Wildman–Crippen MR) is 119 cm³/mol. The van der Waals surface area contributed by atoms with E-state index in [-0.39, 0.29) is 40.8 Å². The van der Waals surface area contributed by atoms with E-state index in [0.29, 0.717) is 29.6 Å². The average Bonchev–Trinajstić information content (AvgIpc) is 2.68. The number of nitrogens with zero attached hydrogens (tertiary/aromatic N) is 2. The lowest BCUT2D eigenvalue weighted by Crippen LogP contribution is -2.40. The molecule has 2 aromatic rings. The molecule has 0 aromatic heterocycles. The molecule has 1 heterocycles. The normalized spacial score (nSPS) is 16.1. The van der Waals surface area contributed by atoms with Gasteiger partial charge in [0.25, 0.3) is 0 Å². The number of halogens is 3. The maximum absolute atomic E-state index is 14.1. The zero-order chi connectivity index (χ0) is 21.7. The van der Waals surface area contributed by atoms with Crippen LogP contribution in [0.4, 0.5) is 20.2 Å². The van der Waals surface area contributed by atoms with Crippen LogP contribution in [0.15, 0.2) is 30.3 Å². The Bertz CT molecular complexity index is 1060. The van der Waals surface area contributed by atoms with Gasteiger partial charge in [-0.2, -0.15) is 5.26 Å². The summed E-state index contributed by atoms with van der Waals surface area (Å²) >= 11 is 1.98. The fourth-order valence-electron chi connectivity index (χ4n) is 3.09. The highest BCUT2D eigenvalue weighted by Crippen LogP contribution is 2.31. The largest absolute Gasteiger partial charge is 0.492 e. The molecule has 3 rings (SSSR count). The molecule has 1 aliphatic rings. The van der Waals surface area contributed by atoms with Crippen molar-refractivity contribution < 1.29 is 21.9 Å². The number of hydrogen-bond donors (Lipinski definition) is 1.